The van der Waals surface area contributed by atoms with Gasteiger partial charge in [0.05, 0.1) is 12.2 Å². The van der Waals surface area contributed by atoms with E-state index in [0.29, 0.717) is 25.9 Å². The van der Waals surface area contributed by atoms with Gasteiger partial charge in [0.2, 0.25) is 5.91 Å². The number of fused-ring (bicyclic) bond motifs is 2. The van der Waals surface area contributed by atoms with Gasteiger partial charge in [-0.15, -0.1) is 0 Å². The van der Waals surface area contributed by atoms with Crippen molar-refractivity contribution in [1.29, 1.82) is 0 Å². The molecule has 2 bridgehead atoms. The van der Waals surface area contributed by atoms with E-state index >= 15 is 0 Å². The number of hydrogen-bond acceptors (Lipinski definition) is 4. The molecule has 2 aliphatic heterocycles. The number of morpholine rings is 1. The van der Waals surface area contributed by atoms with Crippen LogP contribution in [0.2, 0.25) is 0 Å². The number of ether oxygens (including phenoxy) is 1. The summed E-state index contributed by atoms with van der Waals surface area (Å²) in [6.07, 6.45) is 4.76. The number of carbonyl (C=O) groups is 1. The Kier molecular flexibility index (Phi) is 2.69. The second kappa shape index (κ2) is 4.12. The lowest BCUT2D eigenvalue weighted by Gasteiger charge is -2.44. The highest BCUT2D eigenvalue weighted by atomic mass is 16.5. The van der Waals surface area contributed by atoms with E-state index in [1.165, 1.54) is 0 Å². The van der Waals surface area contributed by atoms with Gasteiger partial charge in [-0.1, -0.05) is 11.6 Å². The van der Waals surface area contributed by atoms with Gasteiger partial charge in [-0.05, 0) is 25.7 Å². The normalized spacial score (nSPS) is 34.2. The predicted molar refractivity (Wildman–Crippen MR) is 64.2 cm³/mol. The molecule has 3 fully saturated rings. The SMILES string of the molecule is NC(=NO)C1(C(=O)N2CC3CCC(C2)O3)CCC1. The van der Waals surface area contributed by atoms with E-state index in [4.69, 9.17) is 15.7 Å². The van der Waals surface area contributed by atoms with Crippen molar-refractivity contribution in [2.24, 2.45) is 16.3 Å². The molecule has 0 aromatic rings. The molecule has 0 radical (unpaired) electrons. The minimum absolute atomic E-state index is 0.0178. The van der Waals surface area contributed by atoms with Crippen LogP contribution in [0.1, 0.15) is 32.1 Å². The topological polar surface area (TPSA) is 88.2 Å². The highest BCUT2D eigenvalue weighted by Crippen LogP contribution is 2.43. The number of nitrogens with zero attached hydrogens (tertiary/aromatic N) is 2. The molecule has 3 aliphatic rings. The fourth-order valence-corrected chi connectivity index (χ4v) is 3.29. The number of carbonyl (C=O) groups excluding carboxylic acids is 1. The molecule has 2 atom stereocenters. The minimum Gasteiger partial charge on any atom is -0.409 e. The van der Waals surface area contributed by atoms with Crippen LogP contribution in [0.4, 0.5) is 0 Å². The first-order chi connectivity index (χ1) is 8.65. The van der Waals surface area contributed by atoms with Gasteiger partial charge in [-0.2, -0.15) is 0 Å². The van der Waals surface area contributed by atoms with E-state index < -0.39 is 5.41 Å². The van der Waals surface area contributed by atoms with Crippen LogP contribution >= 0.6 is 0 Å². The Morgan fingerprint density at radius 1 is 1.33 bits per heavy atom. The predicted octanol–water partition coefficient (Wildman–Crippen LogP) is 0.293. The molecule has 18 heavy (non-hydrogen) atoms. The molecular weight excluding hydrogens is 234 g/mol. The highest BCUT2D eigenvalue weighted by molar-refractivity contribution is 6.07. The van der Waals surface area contributed by atoms with Gasteiger partial charge in [0.25, 0.3) is 0 Å². The molecule has 3 N–H and O–H groups in total. The van der Waals surface area contributed by atoms with E-state index in [9.17, 15) is 4.79 Å². The Hall–Kier alpha value is -1.30. The van der Waals surface area contributed by atoms with Gasteiger partial charge >= 0.3 is 0 Å². The Morgan fingerprint density at radius 2 is 1.94 bits per heavy atom. The van der Waals surface area contributed by atoms with Gasteiger partial charge in [0.15, 0.2) is 5.84 Å². The van der Waals surface area contributed by atoms with E-state index in [1.807, 2.05) is 4.90 Å². The van der Waals surface area contributed by atoms with Crippen LogP contribution in [0.3, 0.4) is 0 Å². The summed E-state index contributed by atoms with van der Waals surface area (Å²) in [5, 5.41) is 11.9. The molecular formula is C12H19N3O3. The zero-order valence-corrected chi connectivity index (χ0v) is 10.3. The zero-order chi connectivity index (χ0) is 12.8. The number of rotatable bonds is 2. The van der Waals surface area contributed by atoms with E-state index in [-0.39, 0.29) is 24.0 Å². The first-order valence-corrected chi connectivity index (χ1v) is 6.58. The zero-order valence-electron chi connectivity index (χ0n) is 10.3. The second-order valence-electron chi connectivity index (χ2n) is 5.59. The molecule has 1 saturated carbocycles. The molecule has 1 amide bonds. The summed E-state index contributed by atoms with van der Waals surface area (Å²) in [7, 11) is 0. The molecule has 0 aromatic heterocycles. The van der Waals surface area contributed by atoms with E-state index in [2.05, 4.69) is 5.16 Å². The van der Waals surface area contributed by atoms with Crippen LogP contribution < -0.4 is 5.73 Å². The number of amides is 1. The lowest BCUT2D eigenvalue weighted by Crippen LogP contribution is -2.58. The van der Waals surface area contributed by atoms with Crippen LogP contribution in [0.5, 0.6) is 0 Å². The summed E-state index contributed by atoms with van der Waals surface area (Å²) in [6, 6.07) is 0. The minimum atomic E-state index is -0.745. The number of likely N-dealkylation sites (tertiary alicyclic amines) is 1. The number of oxime groups is 1. The maximum Gasteiger partial charge on any atom is 0.236 e. The van der Waals surface area contributed by atoms with Crippen molar-refractivity contribution >= 4 is 11.7 Å². The van der Waals surface area contributed by atoms with Crippen molar-refractivity contribution in [3.63, 3.8) is 0 Å². The van der Waals surface area contributed by atoms with E-state index in [0.717, 1.165) is 19.3 Å². The summed E-state index contributed by atoms with van der Waals surface area (Å²) in [4.78, 5) is 14.5. The third-order valence-electron chi connectivity index (χ3n) is 4.55. The Bertz CT molecular complexity index is 380. The lowest BCUT2D eigenvalue weighted by atomic mass is 9.66. The largest absolute Gasteiger partial charge is 0.409 e. The third kappa shape index (κ3) is 1.59. The van der Waals surface area contributed by atoms with Crippen molar-refractivity contribution in [3.8, 4) is 0 Å². The van der Waals surface area contributed by atoms with Crippen LogP contribution in [0, 0.1) is 5.41 Å². The van der Waals surface area contributed by atoms with Crippen molar-refractivity contribution in [3.05, 3.63) is 0 Å². The van der Waals surface area contributed by atoms with Gasteiger partial charge in [-0.25, -0.2) is 0 Å². The van der Waals surface area contributed by atoms with Gasteiger partial charge in [0, 0.05) is 13.1 Å². The number of nitrogens with two attached hydrogens (primary N) is 1. The fourth-order valence-electron chi connectivity index (χ4n) is 3.29. The number of amidine groups is 1. The monoisotopic (exact) mass is 253 g/mol. The van der Waals surface area contributed by atoms with E-state index in [1.54, 1.807) is 0 Å². The molecule has 2 unspecified atom stereocenters. The molecule has 100 valence electrons. The first kappa shape index (κ1) is 11.8. The smallest absolute Gasteiger partial charge is 0.236 e. The van der Waals surface area contributed by atoms with Gasteiger partial charge in [-0.3, -0.25) is 4.79 Å². The van der Waals surface area contributed by atoms with Crippen molar-refractivity contribution in [2.75, 3.05) is 13.1 Å². The number of hydrogen-bond donors (Lipinski definition) is 2. The maximum atomic E-state index is 12.6. The summed E-state index contributed by atoms with van der Waals surface area (Å²) >= 11 is 0. The third-order valence-corrected chi connectivity index (χ3v) is 4.55. The van der Waals surface area contributed by atoms with Crippen LogP contribution in [-0.4, -0.2) is 47.1 Å². The standard InChI is InChI=1S/C12H19N3O3/c13-10(14-17)12(4-1-5-12)11(16)15-6-8-2-3-9(7-15)18-8/h8-9,17H,1-7H2,(H2,13,14). The Balaban J connectivity index is 1.77. The average molecular weight is 253 g/mol. The van der Waals surface area contributed by atoms with Gasteiger partial charge in [0.1, 0.15) is 5.41 Å². The molecule has 0 spiro atoms. The fraction of sp³-hybridized carbons (Fsp3) is 0.833. The van der Waals surface area contributed by atoms with Crippen LogP contribution in [0.15, 0.2) is 5.16 Å². The van der Waals surface area contributed by atoms with Crippen molar-refractivity contribution in [1.82, 2.24) is 4.90 Å². The molecule has 1 aliphatic carbocycles. The molecule has 3 rings (SSSR count). The highest BCUT2D eigenvalue weighted by Gasteiger charge is 2.52. The Labute approximate surface area is 106 Å². The second-order valence-corrected chi connectivity index (χ2v) is 5.59. The quantitative estimate of drug-likeness (QED) is 0.320. The summed E-state index contributed by atoms with van der Waals surface area (Å²) in [5.41, 5.74) is 4.98. The lowest BCUT2D eigenvalue weighted by molar-refractivity contribution is -0.150. The molecule has 0 aromatic carbocycles. The van der Waals surface area contributed by atoms with Gasteiger partial charge < -0.3 is 20.6 Å². The summed E-state index contributed by atoms with van der Waals surface area (Å²) < 4.78 is 5.72. The molecule has 6 nitrogen and oxygen atoms in total. The first-order valence-electron chi connectivity index (χ1n) is 6.58. The van der Waals surface area contributed by atoms with Crippen molar-refractivity contribution in [2.45, 2.75) is 44.3 Å². The van der Waals surface area contributed by atoms with Crippen LogP contribution in [0.25, 0.3) is 0 Å². The van der Waals surface area contributed by atoms with Crippen molar-refractivity contribution < 1.29 is 14.7 Å². The molecule has 2 saturated heterocycles. The summed E-state index contributed by atoms with van der Waals surface area (Å²) in [6.45, 7) is 1.30. The average Bonchev–Trinajstić information content (AvgIpc) is 2.66. The van der Waals surface area contributed by atoms with Crippen LogP contribution in [-0.2, 0) is 9.53 Å². The molecule has 6 heteroatoms. The Morgan fingerprint density at radius 3 is 2.39 bits per heavy atom. The molecule has 2 heterocycles. The summed E-state index contributed by atoms with van der Waals surface area (Å²) in [5.74, 6) is 0.0850. The maximum absolute atomic E-state index is 12.6.